The normalized spacial score (nSPS) is 19.7. The fraction of sp³-hybridized carbons (Fsp3) is 0.857. The zero-order chi connectivity index (χ0) is 12.8. The molecule has 0 spiro atoms. The molecule has 0 aliphatic heterocycles. The van der Waals surface area contributed by atoms with Crippen molar-refractivity contribution in [1.82, 2.24) is 10.1 Å². The zero-order valence-corrected chi connectivity index (χ0v) is 11.4. The summed E-state index contributed by atoms with van der Waals surface area (Å²) in [6.45, 7) is 2.87. The van der Waals surface area contributed by atoms with E-state index in [-0.39, 0.29) is 0 Å². The van der Waals surface area contributed by atoms with Crippen molar-refractivity contribution < 1.29 is 4.52 Å². The minimum absolute atomic E-state index is 0.334. The van der Waals surface area contributed by atoms with Crippen LogP contribution in [0.5, 0.6) is 0 Å². The summed E-state index contributed by atoms with van der Waals surface area (Å²) in [5, 5.41) is 4.19. The van der Waals surface area contributed by atoms with Crippen molar-refractivity contribution in [3.63, 3.8) is 0 Å². The first-order valence-electron chi connectivity index (χ1n) is 7.35. The lowest BCUT2D eigenvalue weighted by atomic mass is 10.00. The van der Waals surface area contributed by atoms with Crippen molar-refractivity contribution in [2.45, 2.75) is 70.1 Å². The monoisotopic (exact) mass is 251 g/mol. The molecule has 18 heavy (non-hydrogen) atoms. The fourth-order valence-corrected chi connectivity index (χ4v) is 2.70. The van der Waals surface area contributed by atoms with Crippen LogP contribution < -0.4 is 5.73 Å². The van der Waals surface area contributed by atoms with E-state index in [9.17, 15) is 0 Å². The van der Waals surface area contributed by atoms with Gasteiger partial charge < -0.3 is 10.3 Å². The zero-order valence-electron chi connectivity index (χ0n) is 11.4. The molecule has 1 fully saturated rings. The molecular formula is C14H25N3O. The SMILES string of the molecule is CC(CCCN)c1nc(C2CCCCCC2)no1. The van der Waals surface area contributed by atoms with Crippen LogP contribution in [0.25, 0.3) is 0 Å². The number of nitrogens with two attached hydrogens (primary N) is 1. The molecule has 0 saturated heterocycles. The number of nitrogens with zero attached hydrogens (tertiary/aromatic N) is 2. The third kappa shape index (κ3) is 3.55. The Kier molecular flexibility index (Phi) is 5.17. The van der Waals surface area contributed by atoms with Crippen molar-refractivity contribution in [2.24, 2.45) is 5.73 Å². The highest BCUT2D eigenvalue weighted by molar-refractivity contribution is 4.99. The maximum absolute atomic E-state index is 5.53. The van der Waals surface area contributed by atoms with E-state index < -0.39 is 0 Å². The summed E-state index contributed by atoms with van der Waals surface area (Å²) >= 11 is 0. The fourth-order valence-electron chi connectivity index (χ4n) is 2.70. The van der Waals surface area contributed by atoms with Gasteiger partial charge in [-0.05, 0) is 32.2 Å². The first kappa shape index (κ1) is 13.5. The summed E-state index contributed by atoms with van der Waals surface area (Å²) in [6, 6.07) is 0. The maximum Gasteiger partial charge on any atom is 0.229 e. The van der Waals surface area contributed by atoms with E-state index in [1.54, 1.807) is 0 Å². The summed E-state index contributed by atoms with van der Waals surface area (Å²) < 4.78 is 5.42. The van der Waals surface area contributed by atoms with Gasteiger partial charge in [0.15, 0.2) is 5.82 Å². The Morgan fingerprint density at radius 1 is 1.28 bits per heavy atom. The molecule has 1 atom stereocenters. The molecule has 1 aromatic heterocycles. The Bertz CT molecular complexity index is 343. The summed E-state index contributed by atoms with van der Waals surface area (Å²) in [4.78, 5) is 4.61. The van der Waals surface area contributed by atoms with E-state index in [0.717, 1.165) is 31.1 Å². The predicted octanol–water partition coefficient (Wildman–Crippen LogP) is 3.35. The van der Waals surface area contributed by atoms with Crippen LogP contribution in [0.2, 0.25) is 0 Å². The average molecular weight is 251 g/mol. The van der Waals surface area contributed by atoms with E-state index in [1.807, 2.05) is 0 Å². The van der Waals surface area contributed by atoms with Crippen molar-refractivity contribution in [3.8, 4) is 0 Å². The number of rotatable bonds is 5. The van der Waals surface area contributed by atoms with Gasteiger partial charge in [-0.3, -0.25) is 0 Å². The van der Waals surface area contributed by atoms with Crippen molar-refractivity contribution in [3.05, 3.63) is 11.7 Å². The highest BCUT2D eigenvalue weighted by Gasteiger charge is 2.21. The number of hydrogen-bond acceptors (Lipinski definition) is 4. The molecule has 1 aromatic rings. The van der Waals surface area contributed by atoms with Gasteiger partial charge in [-0.15, -0.1) is 0 Å². The van der Waals surface area contributed by atoms with Gasteiger partial charge >= 0.3 is 0 Å². The Morgan fingerprint density at radius 3 is 2.67 bits per heavy atom. The van der Waals surface area contributed by atoms with Crippen LogP contribution in [0, 0.1) is 0 Å². The van der Waals surface area contributed by atoms with Crippen molar-refractivity contribution >= 4 is 0 Å². The van der Waals surface area contributed by atoms with Crippen LogP contribution in [0.15, 0.2) is 4.52 Å². The minimum Gasteiger partial charge on any atom is -0.339 e. The minimum atomic E-state index is 0.334. The van der Waals surface area contributed by atoms with Gasteiger partial charge in [0.1, 0.15) is 0 Å². The lowest BCUT2D eigenvalue weighted by molar-refractivity contribution is 0.344. The van der Waals surface area contributed by atoms with Gasteiger partial charge in [-0.2, -0.15) is 4.98 Å². The molecule has 1 aliphatic carbocycles. The summed E-state index contributed by atoms with van der Waals surface area (Å²) in [7, 11) is 0. The first-order valence-corrected chi connectivity index (χ1v) is 7.35. The van der Waals surface area contributed by atoms with Crippen LogP contribution >= 0.6 is 0 Å². The first-order chi connectivity index (χ1) is 8.81. The molecule has 4 nitrogen and oxygen atoms in total. The third-order valence-corrected chi connectivity index (χ3v) is 3.94. The van der Waals surface area contributed by atoms with Crippen molar-refractivity contribution in [1.29, 1.82) is 0 Å². The summed E-state index contributed by atoms with van der Waals surface area (Å²) in [6.07, 6.45) is 9.80. The van der Waals surface area contributed by atoms with E-state index >= 15 is 0 Å². The molecule has 4 heteroatoms. The van der Waals surface area contributed by atoms with Crippen LogP contribution in [-0.2, 0) is 0 Å². The Balaban J connectivity index is 1.95. The third-order valence-electron chi connectivity index (χ3n) is 3.94. The van der Waals surface area contributed by atoms with Gasteiger partial charge in [0, 0.05) is 11.8 Å². The maximum atomic E-state index is 5.53. The standard InChI is InChI=1S/C14H25N3O/c1-11(7-6-10-15)14-16-13(17-18-14)12-8-4-2-3-5-9-12/h11-12H,2-10,15H2,1H3. The van der Waals surface area contributed by atoms with E-state index in [2.05, 4.69) is 17.1 Å². The summed E-state index contributed by atoms with van der Waals surface area (Å²) in [5.74, 6) is 2.58. The second kappa shape index (κ2) is 6.88. The smallest absolute Gasteiger partial charge is 0.229 e. The molecule has 2 N–H and O–H groups in total. The molecule has 0 radical (unpaired) electrons. The summed E-state index contributed by atoms with van der Waals surface area (Å²) in [5.41, 5.74) is 5.53. The van der Waals surface area contributed by atoms with Gasteiger partial charge in [0.25, 0.3) is 0 Å². The predicted molar refractivity (Wildman–Crippen MR) is 71.4 cm³/mol. The lowest BCUT2D eigenvalue weighted by Crippen LogP contribution is -2.03. The molecule has 0 amide bonds. The molecule has 0 aromatic carbocycles. The van der Waals surface area contributed by atoms with Crippen molar-refractivity contribution in [2.75, 3.05) is 6.54 Å². The Hall–Kier alpha value is -0.900. The molecule has 0 bridgehead atoms. The largest absolute Gasteiger partial charge is 0.339 e. The molecule has 1 saturated carbocycles. The van der Waals surface area contributed by atoms with Crippen LogP contribution in [0.3, 0.4) is 0 Å². The van der Waals surface area contributed by atoms with E-state index in [4.69, 9.17) is 10.3 Å². The lowest BCUT2D eigenvalue weighted by Gasteiger charge is -2.08. The second-order valence-corrected chi connectivity index (χ2v) is 5.51. The van der Waals surface area contributed by atoms with Crippen LogP contribution in [0.1, 0.15) is 81.8 Å². The van der Waals surface area contributed by atoms with Gasteiger partial charge in [0.05, 0.1) is 0 Å². The molecule has 2 rings (SSSR count). The number of aromatic nitrogens is 2. The van der Waals surface area contributed by atoms with E-state index in [0.29, 0.717) is 11.8 Å². The molecule has 1 heterocycles. The Labute approximate surface area is 109 Å². The topological polar surface area (TPSA) is 64.9 Å². The number of hydrogen-bond donors (Lipinski definition) is 1. The highest BCUT2D eigenvalue weighted by atomic mass is 16.5. The van der Waals surface area contributed by atoms with Gasteiger partial charge in [0.2, 0.25) is 5.89 Å². The molecule has 102 valence electrons. The van der Waals surface area contributed by atoms with Gasteiger partial charge in [-0.25, -0.2) is 0 Å². The second-order valence-electron chi connectivity index (χ2n) is 5.51. The molecular weight excluding hydrogens is 226 g/mol. The van der Waals surface area contributed by atoms with Crippen LogP contribution in [0.4, 0.5) is 0 Å². The van der Waals surface area contributed by atoms with E-state index in [1.165, 1.54) is 38.5 Å². The van der Waals surface area contributed by atoms with Crippen LogP contribution in [-0.4, -0.2) is 16.7 Å². The Morgan fingerprint density at radius 2 is 2.00 bits per heavy atom. The molecule has 1 unspecified atom stereocenters. The van der Waals surface area contributed by atoms with Gasteiger partial charge in [-0.1, -0.05) is 37.8 Å². The quantitative estimate of drug-likeness (QED) is 0.815. The highest BCUT2D eigenvalue weighted by Crippen LogP contribution is 2.30. The molecule has 1 aliphatic rings. The average Bonchev–Trinajstić information content (AvgIpc) is 2.72.